The van der Waals surface area contributed by atoms with Crippen LogP contribution in [0.5, 0.6) is 11.5 Å². The number of oxime groups is 1. The predicted octanol–water partition coefficient (Wildman–Crippen LogP) is 3.18. The second-order valence-electron chi connectivity index (χ2n) is 4.07. The highest BCUT2D eigenvalue weighted by molar-refractivity contribution is 6.31. The van der Waals surface area contributed by atoms with Crippen molar-refractivity contribution in [2.24, 2.45) is 10.9 Å². The molecular weight excluding hydrogens is 278 g/mol. The Morgan fingerprint density at radius 3 is 2.80 bits per heavy atom. The summed E-state index contributed by atoms with van der Waals surface area (Å²) < 4.78 is 5.72. The van der Waals surface area contributed by atoms with Gasteiger partial charge in [0.15, 0.2) is 5.84 Å². The Kier molecular flexibility index (Phi) is 4.42. The average Bonchev–Trinajstić information content (AvgIpc) is 2.48. The van der Waals surface area contributed by atoms with Crippen molar-refractivity contribution in [1.82, 2.24) is 4.98 Å². The predicted molar refractivity (Wildman–Crippen MR) is 77.7 cm³/mol. The Morgan fingerprint density at radius 1 is 1.35 bits per heavy atom. The molecule has 5 nitrogen and oxygen atoms in total. The molecule has 1 aromatic carbocycles. The fraction of sp³-hybridized carbons (Fsp3) is 0.143. The van der Waals surface area contributed by atoms with Crippen molar-refractivity contribution in [3.8, 4) is 11.5 Å². The van der Waals surface area contributed by atoms with Gasteiger partial charge in [0.25, 0.3) is 0 Å². The molecule has 0 aliphatic carbocycles. The van der Waals surface area contributed by atoms with Crippen molar-refractivity contribution < 1.29 is 9.94 Å². The zero-order chi connectivity index (χ0) is 14.5. The lowest BCUT2D eigenvalue weighted by Crippen LogP contribution is -2.14. The van der Waals surface area contributed by atoms with Crippen LogP contribution in [0.3, 0.4) is 0 Å². The number of rotatable bonds is 4. The van der Waals surface area contributed by atoms with Crippen molar-refractivity contribution in [2.45, 2.75) is 13.3 Å². The van der Waals surface area contributed by atoms with Gasteiger partial charge in [-0.15, -0.1) is 0 Å². The van der Waals surface area contributed by atoms with Crippen molar-refractivity contribution in [3.05, 3.63) is 52.8 Å². The van der Waals surface area contributed by atoms with Crippen LogP contribution < -0.4 is 10.5 Å². The van der Waals surface area contributed by atoms with Gasteiger partial charge in [0.2, 0.25) is 0 Å². The van der Waals surface area contributed by atoms with Crippen molar-refractivity contribution in [3.63, 3.8) is 0 Å². The Balaban J connectivity index is 2.26. The third kappa shape index (κ3) is 3.19. The summed E-state index contributed by atoms with van der Waals surface area (Å²) >= 11 is 6.06. The van der Waals surface area contributed by atoms with Crippen LogP contribution in [0.1, 0.15) is 18.2 Å². The summed E-state index contributed by atoms with van der Waals surface area (Å²) in [7, 11) is 0. The fourth-order valence-corrected chi connectivity index (χ4v) is 1.94. The molecule has 0 aliphatic heterocycles. The highest BCUT2D eigenvalue weighted by atomic mass is 35.5. The maximum atomic E-state index is 8.64. The molecule has 1 heterocycles. The van der Waals surface area contributed by atoms with Crippen LogP contribution in [0.4, 0.5) is 0 Å². The molecule has 2 aromatic rings. The summed E-state index contributed by atoms with van der Waals surface area (Å²) in [6.45, 7) is 2.02. The Morgan fingerprint density at radius 2 is 2.10 bits per heavy atom. The number of amidine groups is 1. The van der Waals surface area contributed by atoms with Crippen LogP contribution in [-0.2, 0) is 6.42 Å². The van der Waals surface area contributed by atoms with Gasteiger partial charge in [0, 0.05) is 17.3 Å². The standard InChI is InChI=1S/C14H14ClN3O2/c1-2-9-7-10(3-4-12(9)15)20-11-5-6-17-13(8-11)14(16)18-19/h3-8,19H,2H2,1H3,(H2,16,18). The minimum absolute atomic E-state index is 0.0687. The molecule has 0 fully saturated rings. The Bertz CT molecular complexity index is 644. The first-order valence-electron chi connectivity index (χ1n) is 6.04. The molecule has 0 unspecified atom stereocenters. The molecule has 104 valence electrons. The quantitative estimate of drug-likeness (QED) is 0.392. The van der Waals surface area contributed by atoms with Crippen LogP contribution in [-0.4, -0.2) is 16.0 Å². The van der Waals surface area contributed by atoms with E-state index in [2.05, 4.69) is 10.1 Å². The summed E-state index contributed by atoms with van der Waals surface area (Å²) in [6.07, 6.45) is 2.35. The maximum Gasteiger partial charge on any atom is 0.188 e. The third-order valence-electron chi connectivity index (χ3n) is 2.74. The number of benzene rings is 1. The monoisotopic (exact) mass is 291 g/mol. The van der Waals surface area contributed by atoms with Gasteiger partial charge in [-0.2, -0.15) is 0 Å². The van der Waals surface area contributed by atoms with Crippen LogP contribution >= 0.6 is 11.6 Å². The Labute approximate surface area is 121 Å². The topological polar surface area (TPSA) is 80.7 Å². The molecule has 0 bridgehead atoms. The lowest BCUT2D eigenvalue weighted by molar-refractivity contribution is 0.318. The fourth-order valence-electron chi connectivity index (χ4n) is 1.69. The van der Waals surface area contributed by atoms with E-state index in [4.69, 9.17) is 27.3 Å². The first kappa shape index (κ1) is 14.1. The molecule has 0 amide bonds. The molecule has 2 rings (SSSR count). The smallest absolute Gasteiger partial charge is 0.188 e. The zero-order valence-corrected chi connectivity index (χ0v) is 11.6. The summed E-state index contributed by atoms with van der Waals surface area (Å²) in [4.78, 5) is 3.98. The van der Waals surface area contributed by atoms with E-state index < -0.39 is 0 Å². The number of ether oxygens (including phenoxy) is 1. The molecular formula is C14H14ClN3O2. The largest absolute Gasteiger partial charge is 0.457 e. The van der Waals surface area contributed by atoms with Crippen LogP contribution in [0.15, 0.2) is 41.7 Å². The molecule has 0 atom stereocenters. The van der Waals surface area contributed by atoms with E-state index >= 15 is 0 Å². The number of aromatic nitrogens is 1. The number of halogens is 1. The first-order chi connectivity index (χ1) is 9.63. The van der Waals surface area contributed by atoms with E-state index in [0.717, 1.165) is 12.0 Å². The van der Waals surface area contributed by atoms with E-state index in [1.54, 1.807) is 24.3 Å². The average molecular weight is 292 g/mol. The minimum Gasteiger partial charge on any atom is -0.457 e. The third-order valence-corrected chi connectivity index (χ3v) is 3.10. The van der Waals surface area contributed by atoms with E-state index in [-0.39, 0.29) is 5.84 Å². The first-order valence-corrected chi connectivity index (χ1v) is 6.42. The molecule has 0 spiro atoms. The SMILES string of the molecule is CCc1cc(Oc2ccnc(C(N)=NO)c2)ccc1Cl. The normalized spacial score (nSPS) is 11.4. The molecule has 0 aliphatic rings. The molecule has 0 saturated carbocycles. The summed E-state index contributed by atoms with van der Waals surface area (Å²) in [5.41, 5.74) is 6.84. The number of hydrogen-bond donors (Lipinski definition) is 2. The molecule has 0 radical (unpaired) electrons. The van der Waals surface area contributed by atoms with Gasteiger partial charge in [-0.3, -0.25) is 4.98 Å². The highest BCUT2D eigenvalue weighted by Crippen LogP contribution is 2.26. The van der Waals surface area contributed by atoms with Crippen LogP contribution in [0, 0.1) is 0 Å². The van der Waals surface area contributed by atoms with E-state index in [1.165, 1.54) is 6.20 Å². The summed E-state index contributed by atoms with van der Waals surface area (Å²) in [5.74, 6) is 1.15. The van der Waals surface area contributed by atoms with Gasteiger partial charge in [-0.05, 0) is 36.2 Å². The Hall–Kier alpha value is -2.27. The zero-order valence-electron chi connectivity index (χ0n) is 10.9. The number of nitrogens with two attached hydrogens (primary N) is 1. The van der Waals surface area contributed by atoms with Gasteiger partial charge in [0.1, 0.15) is 17.2 Å². The van der Waals surface area contributed by atoms with E-state index in [9.17, 15) is 0 Å². The van der Waals surface area contributed by atoms with Crippen molar-refractivity contribution in [2.75, 3.05) is 0 Å². The van der Waals surface area contributed by atoms with Gasteiger partial charge in [-0.25, -0.2) is 0 Å². The molecule has 20 heavy (non-hydrogen) atoms. The van der Waals surface area contributed by atoms with Gasteiger partial charge >= 0.3 is 0 Å². The minimum atomic E-state index is -0.0687. The second kappa shape index (κ2) is 6.25. The van der Waals surface area contributed by atoms with Gasteiger partial charge in [0.05, 0.1) is 0 Å². The number of hydrogen-bond acceptors (Lipinski definition) is 4. The lowest BCUT2D eigenvalue weighted by atomic mass is 10.1. The van der Waals surface area contributed by atoms with E-state index in [0.29, 0.717) is 22.2 Å². The lowest BCUT2D eigenvalue weighted by Gasteiger charge is -2.09. The number of nitrogens with zero attached hydrogens (tertiary/aromatic N) is 2. The van der Waals surface area contributed by atoms with E-state index in [1.807, 2.05) is 13.0 Å². The molecule has 6 heteroatoms. The summed E-state index contributed by atoms with van der Waals surface area (Å²) in [5, 5.41) is 12.3. The van der Waals surface area contributed by atoms with Crippen molar-refractivity contribution >= 4 is 17.4 Å². The van der Waals surface area contributed by atoms with Crippen LogP contribution in [0.25, 0.3) is 0 Å². The van der Waals surface area contributed by atoms with Crippen LogP contribution in [0.2, 0.25) is 5.02 Å². The van der Waals surface area contributed by atoms with Gasteiger partial charge in [-0.1, -0.05) is 23.7 Å². The summed E-state index contributed by atoms with van der Waals surface area (Å²) in [6, 6.07) is 8.74. The highest BCUT2D eigenvalue weighted by Gasteiger charge is 2.06. The molecule has 1 aromatic heterocycles. The number of pyridine rings is 1. The molecule has 0 saturated heterocycles. The molecule has 3 N–H and O–H groups in total. The van der Waals surface area contributed by atoms with Crippen molar-refractivity contribution in [1.29, 1.82) is 0 Å². The second-order valence-corrected chi connectivity index (χ2v) is 4.48. The van der Waals surface area contributed by atoms with Gasteiger partial charge < -0.3 is 15.7 Å². The number of aryl methyl sites for hydroxylation is 1. The maximum absolute atomic E-state index is 8.64.